The van der Waals surface area contributed by atoms with Gasteiger partial charge in [0.1, 0.15) is 0 Å². The highest BCUT2D eigenvalue weighted by Crippen LogP contribution is 2.25. The molecule has 0 aliphatic carbocycles. The Hall–Kier alpha value is -2.54. The van der Waals surface area contributed by atoms with Crippen molar-refractivity contribution in [2.45, 2.75) is 13.0 Å². The molecule has 1 aliphatic rings. The second-order valence-electron chi connectivity index (χ2n) is 4.94. The number of ether oxygens (including phenoxy) is 2. The summed E-state index contributed by atoms with van der Waals surface area (Å²) in [5, 5.41) is 13.1. The summed E-state index contributed by atoms with van der Waals surface area (Å²) in [7, 11) is 1.56. The van der Waals surface area contributed by atoms with Gasteiger partial charge in [0.2, 0.25) is 0 Å². The van der Waals surface area contributed by atoms with Crippen molar-refractivity contribution >= 4 is 11.7 Å². The van der Waals surface area contributed by atoms with Crippen molar-refractivity contribution in [1.29, 1.82) is 0 Å². The average molecular weight is 302 g/mol. The number of carbonyl (C=O) groups is 1. The van der Waals surface area contributed by atoms with E-state index >= 15 is 0 Å². The smallest absolute Gasteiger partial charge is 0.263 e. The lowest BCUT2D eigenvalue weighted by Crippen LogP contribution is -2.25. The number of amides is 1. The Bertz CT molecular complexity index is 669. The van der Waals surface area contributed by atoms with Crippen LogP contribution in [0.2, 0.25) is 0 Å². The number of carbonyl (C=O) groups excluding carboxylic acids is 1. The SMILES string of the molecule is COc1ccccc1OCC(=O)Nc1n[nH]c2c1CNCC2. The van der Waals surface area contributed by atoms with E-state index in [1.807, 2.05) is 12.1 Å². The Morgan fingerprint density at radius 2 is 2.18 bits per heavy atom. The molecule has 3 N–H and O–H groups in total. The van der Waals surface area contributed by atoms with E-state index < -0.39 is 0 Å². The molecule has 0 unspecified atom stereocenters. The van der Waals surface area contributed by atoms with Crippen LogP contribution < -0.4 is 20.1 Å². The van der Waals surface area contributed by atoms with Gasteiger partial charge < -0.3 is 20.1 Å². The highest BCUT2D eigenvalue weighted by atomic mass is 16.5. The van der Waals surface area contributed by atoms with E-state index in [2.05, 4.69) is 20.8 Å². The van der Waals surface area contributed by atoms with Crippen LogP contribution in [-0.4, -0.2) is 36.4 Å². The molecule has 2 aromatic rings. The second kappa shape index (κ2) is 6.48. The maximum absolute atomic E-state index is 12.0. The zero-order valence-corrected chi connectivity index (χ0v) is 12.3. The number of hydrogen-bond acceptors (Lipinski definition) is 5. The summed E-state index contributed by atoms with van der Waals surface area (Å²) < 4.78 is 10.7. The van der Waals surface area contributed by atoms with Gasteiger partial charge >= 0.3 is 0 Å². The Kier molecular flexibility index (Phi) is 4.24. The first-order valence-electron chi connectivity index (χ1n) is 7.10. The molecule has 116 valence electrons. The molecule has 7 nitrogen and oxygen atoms in total. The van der Waals surface area contributed by atoms with Gasteiger partial charge in [-0.05, 0) is 12.1 Å². The molecular formula is C15H18N4O3. The third-order valence-electron chi connectivity index (χ3n) is 3.49. The Morgan fingerprint density at radius 1 is 1.36 bits per heavy atom. The van der Waals surface area contributed by atoms with Crippen LogP contribution in [0.5, 0.6) is 11.5 Å². The predicted octanol–water partition coefficient (Wildman–Crippen LogP) is 1.08. The molecule has 22 heavy (non-hydrogen) atoms. The first-order valence-corrected chi connectivity index (χ1v) is 7.10. The number of fused-ring (bicyclic) bond motifs is 1. The molecule has 1 aliphatic heterocycles. The Balaban J connectivity index is 1.60. The lowest BCUT2D eigenvalue weighted by Gasteiger charge is -2.13. The number of aromatic amines is 1. The minimum Gasteiger partial charge on any atom is -0.493 e. The van der Waals surface area contributed by atoms with Gasteiger partial charge in [-0.2, -0.15) is 5.10 Å². The van der Waals surface area contributed by atoms with Gasteiger partial charge in [-0.3, -0.25) is 9.89 Å². The van der Waals surface area contributed by atoms with Crippen molar-refractivity contribution in [3.05, 3.63) is 35.5 Å². The highest BCUT2D eigenvalue weighted by Gasteiger charge is 2.18. The number of anilines is 1. The fourth-order valence-corrected chi connectivity index (χ4v) is 2.38. The summed E-state index contributed by atoms with van der Waals surface area (Å²) in [6, 6.07) is 7.20. The van der Waals surface area contributed by atoms with E-state index in [4.69, 9.17) is 9.47 Å². The molecule has 1 aromatic carbocycles. The van der Waals surface area contributed by atoms with Crippen molar-refractivity contribution in [2.75, 3.05) is 25.6 Å². The summed E-state index contributed by atoms with van der Waals surface area (Å²) in [5.74, 6) is 1.43. The van der Waals surface area contributed by atoms with Crippen molar-refractivity contribution in [3.8, 4) is 11.5 Å². The molecule has 0 saturated heterocycles. The number of methoxy groups -OCH3 is 1. The number of H-pyrrole nitrogens is 1. The van der Waals surface area contributed by atoms with Crippen molar-refractivity contribution in [3.63, 3.8) is 0 Å². The van der Waals surface area contributed by atoms with Gasteiger partial charge in [0.15, 0.2) is 23.9 Å². The number of hydrogen-bond donors (Lipinski definition) is 3. The largest absolute Gasteiger partial charge is 0.493 e. The van der Waals surface area contributed by atoms with Crippen LogP contribution in [0.1, 0.15) is 11.3 Å². The lowest BCUT2D eigenvalue weighted by atomic mass is 10.1. The fraction of sp³-hybridized carbons (Fsp3) is 0.333. The summed E-state index contributed by atoms with van der Waals surface area (Å²) >= 11 is 0. The predicted molar refractivity (Wildman–Crippen MR) is 81.1 cm³/mol. The molecule has 1 amide bonds. The summed E-state index contributed by atoms with van der Waals surface area (Å²) in [5.41, 5.74) is 2.08. The van der Waals surface area contributed by atoms with Crippen LogP contribution in [0.25, 0.3) is 0 Å². The average Bonchev–Trinajstić information content (AvgIpc) is 2.96. The fourth-order valence-electron chi connectivity index (χ4n) is 2.38. The molecule has 0 spiro atoms. The molecule has 0 bridgehead atoms. The molecule has 3 rings (SSSR count). The van der Waals surface area contributed by atoms with Crippen molar-refractivity contribution in [1.82, 2.24) is 15.5 Å². The highest BCUT2D eigenvalue weighted by molar-refractivity contribution is 5.91. The van der Waals surface area contributed by atoms with Crippen LogP contribution >= 0.6 is 0 Å². The number of aromatic nitrogens is 2. The normalized spacial score (nSPS) is 13.3. The lowest BCUT2D eigenvalue weighted by molar-refractivity contribution is -0.118. The van der Waals surface area contributed by atoms with Gasteiger partial charge in [0.05, 0.1) is 7.11 Å². The van der Waals surface area contributed by atoms with Crippen LogP contribution in [-0.2, 0) is 17.8 Å². The Morgan fingerprint density at radius 3 is 3.00 bits per heavy atom. The van der Waals surface area contributed by atoms with E-state index in [-0.39, 0.29) is 12.5 Å². The number of para-hydroxylation sites is 2. The minimum atomic E-state index is -0.259. The molecule has 7 heteroatoms. The molecule has 2 heterocycles. The third-order valence-corrected chi connectivity index (χ3v) is 3.49. The van der Waals surface area contributed by atoms with Gasteiger partial charge in [0, 0.05) is 30.8 Å². The molecule has 1 aromatic heterocycles. The summed E-state index contributed by atoms with van der Waals surface area (Å²) in [6.45, 7) is 1.52. The van der Waals surface area contributed by atoms with Crippen molar-refractivity contribution in [2.24, 2.45) is 0 Å². The van der Waals surface area contributed by atoms with E-state index in [0.717, 1.165) is 24.2 Å². The zero-order chi connectivity index (χ0) is 15.4. The van der Waals surface area contributed by atoms with Crippen molar-refractivity contribution < 1.29 is 14.3 Å². The van der Waals surface area contributed by atoms with Crippen LogP contribution in [0.3, 0.4) is 0 Å². The number of nitrogens with one attached hydrogen (secondary N) is 3. The van der Waals surface area contributed by atoms with Crippen LogP contribution in [0.4, 0.5) is 5.82 Å². The zero-order valence-electron chi connectivity index (χ0n) is 12.3. The number of rotatable bonds is 5. The number of benzene rings is 1. The second-order valence-corrected chi connectivity index (χ2v) is 4.94. The molecule has 0 radical (unpaired) electrons. The first kappa shape index (κ1) is 14.4. The van der Waals surface area contributed by atoms with E-state index in [9.17, 15) is 4.79 Å². The summed E-state index contributed by atoms with van der Waals surface area (Å²) in [6.07, 6.45) is 0.885. The Labute approximate surface area is 128 Å². The van der Waals surface area contributed by atoms with E-state index in [0.29, 0.717) is 23.9 Å². The van der Waals surface area contributed by atoms with Gasteiger partial charge in [-0.1, -0.05) is 12.1 Å². The van der Waals surface area contributed by atoms with Gasteiger partial charge in [0.25, 0.3) is 5.91 Å². The molecule has 0 fully saturated rings. The molecule has 0 atom stereocenters. The topological polar surface area (TPSA) is 88.3 Å². The van der Waals surface area contributed by atoms with Crippen LogP contribution in [0, 0.1) is 0 Å². The van der Waals surface area contributed by atoms with E-state index in [1.54, 1.807) is 19.2 Å². The van der Waals surface area contributed by atoms with Gasteiger partial charge in [-0.15, -0.1) is 0 Å². The van der Waals surface area contributed by atoms with E-state index in [1.165, 1.54) is 0 Å². The quantitative estimate of drug-likeness (QED) is 0.769. The van der Waals surface area contributed by atoms with Crippen LogP contribution in [0.15, 0.2) is 24.3 Å². The first-order chi connectivity index (χ1) is 10.8. The number of nitrogens with zero attached hydrogens (tertiary/aromatic N) is 1. The third kappa shape index (κ3) is 3.04. The maximum atomic E-state index is 12.0. The van der Waals surface area contributed by atoms with Gasteiger partial charge in [-0.25, -0.2) is 0 Å². The summed E-state index contributed by atoms with van der Waals surface area (Å²) in [4.78, 5) is 12.0. The minimum absolute atomic E-state index is 0.102. The maximum Gasteiger partial charge on any atom is 0.263 e. The molecular weight excluding hydrogens is 284 g/mol. The standard InChI is InChI=1S/C15H18N4O3/c1-21-12-4-2-3-5-13(12)22-9-14(20)17-15-10-8-16-7-6-11(10)18-19-15/h2-5,16H,6-9H2,1H3,(H2,17,18,19,20). The molecule has 0 saturated carbocycles. The monoisotopic (exact) mass is 302 g/mol.